The molecule has 0 aromatic heterocycles. The monoisotopic (exact) mass is 432 g/mol. The third-order valence-corrected chi connectivity index (χ3v) is 4.62. The Bertz CT molecular complexity index is 1080. The van der Waals surface area contributed by atoms with Gasteiger partial charge in [0.1, 0.15) is 6.61 Å². The van der Waals surface area contributed by atoms with Crippen LogP contribution in [0.4, 0.5) is 11.4 Å². The van der Waals surface area contributed by atoms with E-state index >= 15 is 0 Å². The molecule has 0 radical (unpaired) electrons. The first-order valence-corrected chi connectivity index (χ1v) is 10.0. The van der Waals surface area contributed by atoms with Gasteiger partial charge in [0, 0.05) is 5.69 Å². The number of benzene rings is 3. The van der Waals surface area contributed by atoms with Gasteiger partial charge in [-0.25, -0.2) is 0 Å². The van der Waals surface area contributed by atoms with Crippen molar-refractivity contribution in [1.82, 2.24) is 0 Å². The molecule has 0 atom stereocenters. The van der Waals surface area contributed by atoms with Crippen molar-refractivity contribution in [1.29, 1.82) is 0 Å². The number of amides is 2. The molecule has 7 heteroatoms. The van der Waals surface area contributed by atoms with Crippen molar-refractivity contribution in [3.05, 3.63) is 95.6 Å². The Morgan fingerprint density at radius 2 is 1.44 bits per heavy atom. The van der Waals surface area contributed by atoms with Crippen LogP contribution in [0.1, 0.15) is 21.5 Å². The summed E-state index contributed by atoms with van der Waals surface area (Å²) >= 11 is 0. The normalized spacial score (nSPS) is 10.3. The number of hydrogen-bond acceptors (Lipinski definition) is 5. The van der Waals surface area contributed by atoms with Crippen molar-refractivity contribution >= 4 is 29.2 Å². The van der Waals surface area contributed by atoms with Crippen LogP contribution in [0.3, 0.4) is 0 Å². The Morgan fingerprint density at radius 3 is 2.19 bits per heavy atom. The number of carbonyl (C=O) groups is 3. The number of nitrogens with one attached hydrogen (secondary N) is 2. The van der Waals surface area contributed by atoms with Crippen molar-refractivity contribution < 1.29 is 23.9 Å². The van der Waals surface area contributed by atoms with E-state index in [1.54, 1.807) is 48.5 Å². The Balaban J connectivity index is 1.64. The van der Waals surface area contributed by atoms with E-state index in [1.807, 2.05) is 30.3 Å². The van der Waals surface area contributed by atoms with Crippen molar-refractivity contribution in [2.75, 3.05) is 24.4 Å². The van der Waals surface area contributed by atoms with Crippen LogP contribution in [-0.2, 0) is 32.1 Å². The Kier molecular flexibility index (Phi) is 8.11. The maximum Gasteiger partial charge on any atom is 0.310 e. The standard InChI is InChI=1S/C25H24N2O5/c1-31-24(29)15-19-11-5-7-13-21(19)27-25(30)20-12-6-8-14-22(20)26-23(28)17-32-16-18-9-3-2-4-10-18/h2-14H,15-17H2,1H3,(H,26,28)(H,27,30). The van der Waals surface area contributed by atoms with Crippen LogP contribution in [0.5, 0.6) is 0 Å². The molecule has 3 rings (SSSR count). The fourth-order valence-corrected chi connectivity index (χ4v) is 3.03. The number of esters is 1. The van der Waals surface area contributed by atoms with Crippen molar-refractivity contribution in [3.8, 4) is 0 Å². The summed E-state index contributed by atoms with van der Waals surface area (Å²) in [6.07, 6.45) is 0.0318. The third-order valence-electron chi connectivity index (χ3n) is 4.62. The first-order valence-electron chi connectivity index (χ1n) is 10.0. The molecule has 3 aromatic carbocycles. The molecule has 3 aromatic rings. The summed E-state index contributed by atoms with van der Waals surface area (Å²) in [5.74, 6) is -1.19. The molecule has 0 spiro atoms. The largest absolute Gasteiger partial charge is 0.469 e. The Hall–Kier alpha value is -3.97. The molecule has 0 saturated carbocycles. The minimum atomic E-state index is -0.414. The van der Waals surface area contributed by atoms with Crippen LogP contribution in [0.25, 0.3) is 0 Å². The summed E-state index contributed by atoms with van der Waals surface area (Å²) in [7, 11) is 1.31. The van der Waals surface area contributed by atoms with Gasteiger partial charge >= 0.3 is 5.97 Å². The number of rotatable bonds is 9. The Morgan fingerprint density at radius 1 is 0.781 bits per heavy atom. The molecule has 0 aliphatic carbocycles. The molecule has 0 saturated heterocycles. The number of ether oxygens (including phenoxy) is 2. The summed E-state index contributed by atoms with van der Waals surface area (Å²) in [6.45, 7) is 0.167. The molecule has 0 fully saturated rings. The van der Waals surface area contributed by atoms with E-state index in [1.165, 1.54) is 7.11 Å². The van der Waals surface area contributed by atoms with Gasteiger partial charge in [0.05, 0.1) is 31.4 Å². The fraction of sp³-hybridized carbons (Fsp3) is 0.160. The van der Waals surface area contributed by atoms with Gasteiger partial charge in [-0.15, -0.1) is 0 Å². The van der Waals surface area contributed by atoms with E-state index in [2.05, 4.69) is 10.6 Å². The summed E-state index contributed by atoms with van der Waals surface area (Å²) in [5, 5.41) is 5.53. The molecule has 2 amide bonds. The van der Waals surface area contributed by atoms with E-state index in [-0.39, 0.29) is 24.5 Å². The highest BCUT2D eigenvalue weighted by molar-refractivity contribution is 6.10. The van der Waals surface area contributed by atoms with Crippen LogP contribution in [0.15, 0.2) is 78.9 Å². The van der Waals surface area contributed by atoms with E-state index < -0.39 is 11.9 Å². The molecular formula is C25H24N2O5. The average Bonchev–Trinajstić information content (AvgIpc) is 2.81. The summed E-state index contributed by atoms with van der Waals surface area (Å²) in [4.78, 5) is 36.9. The highest BCUT2D eigenvalue weighted by atomic mass is 16.5. The predicted molar refractivity (Wildman–Crippen MR) is 121 cm³/mol. The lowest BCUT2D eigenvalue weighted by atomic mass is 10.1. The zero-order valence-corrected chi connectivity index (χ0v) is 17.7. The lowest BCUT2D eigenvalue weighted by molar-refractivity contribution is -0.139. The molecule has 0 aliphatic rings. The SMILES string of the molecule is COC(=O)Cc1ccccc1NC(=O)c1ccccc1NC(=O)COCc1ccccc1. The second kappa shape index (κ2) is 11.4. The molecular weight excluding hydrogens is 408 g/mol. The molecule has 0 heterocycles. The van der Waals surface area contributed by atoms with E-state index in [9.17, 15) is 14.4 Å². The number of para-hydroxylation sites is 2. The molecule has 164 valence electrons. The van der Waals surface area contributed by atoms with Gasteiger partial charge < -0.3 is 20.1 Å². The Labute approximate surface area is 186 Å². The van der Waals surface area contributed by atoms with Gasteiger partial charge in [-0.1, -0.05) is 60.7 Å². The first kappa shape index (κ1) is 22.7. The molecule has 7 nitrogen and oxygen atoms in total. The molecule has 0 bridgehead atoms. The molecule has 32 heavy (non-hydrogen) atoms. The lowest BCUT2D eigenvalue weighted by Crippen LogP contribution is -2.22. The maximum absolute atomic E-state index is 12.9. The fourth-order valence-electron chi connectivity index (χ4n) is 3.03. The summed E-state index contributed by atoms with van der Waals surface area (Å²) in [6, 6.07) is 23.2. The number of methoxy groups -OCH3 is 1. The zero-order valence-electron chi connectivity index (χ0n) is 17.7. The van der Waals surface area contributed by atoms with Crippen LogP contribution < -0.4 is 10.6 Å². The van der Waals surface area contributed by atoms with Gasteiger partial charge in [0.2, 0.25) is 5.91 Å². The highest BCUT2D eigenvalue weighted by Gasteiger charge is 2.16. The van der Waals surface area contributed by atoms with E-state index in [4.69, 9.17) is 9.47 Å². The smallest absolute Gasteiger partial charge is 0.310 e. The van der Waals surface area contributed by atoms with Crippen LogP contribution in [0, 0.1) is 0 Å². The lowest BCUT2D eigenvalue weighted by Gasteiger charge is -2.14. The summed E-state index contributed by atoms with van der Waals surface area (Å²) in [5.41, 5.74) is 2.74. The van der Waals surface area contributed by atoms with Crippen LogP contribution in [-0.4, -0.2) is 31.5 Å². The maximum atomic E-state index is 12.9. The van der Waals surface area contributed by atoms with Gasteiger partial charge in [0.25, 0.3) is 5.91 Å². The second-order valence-electron chi connectivity index (χ2n) is 6.94. The topological polar surface area (TPSA) is 93.7 Å². The van der Waals surface area contributed by atoms with E-state index in [0.717, 1.165) is 5.56 Å². The molecule has 0 unspecified atom stereocenters. The second-order valence-corrected chi connectivity index (χ2v) is 6.94. The van der Waals surface area contributed by atoms with Crippen molar-refractivity contribution in [2.24, 2.45) is 0 Å². The van der Waals surface area contributed by atoms with Crippen molar-refractivity contribution in [2.45, 2.75) is 13.0 Å². The predicted octanol–water partition coefficient (Wildman–Crippen LogP) is 3.81. The first-order chi connectivity index (χ1) is 15.6. The van der Waals surface area contributed by atoms with Crippen LogP contribution >= 0.6 is 0 Å². The van der Waals surface area contributed by atoms with Gasteiger partial charge in [-0.2, -0.15) is 0 Å². The van der Waals surface area contributed by atoms with Crippen LogP contribution in [0.2, 0.25) is 0 Å². The number of anilines is 2. The summed E-state index contributed by atoms with van der Waals surface area (Å²) < 4.78 is 10.2. The number of carbonyl (C=O) groups excluding carboxylic acids is 3. The molecule has 2 N–H and O–H groups in total. The minimum Gasteiger partial charge on any atom is -0.469 e. The van der Waals surface area contributed by atoms with Crippen molar-refractivity contribution in [3.63, 3.8) is 0 Å². The van der Waals surface area contributed by atoms with E-state index in [0.29, 0.717) is 23.5 Å². The molecule has 0 aliphatic heterocycles. The van der Waals surface area contributed by atoms with Gasteiger partial charge in [-0.3, -0.25) is 14.4 Å². The van der Waals surface area contributed by atoms with Gasteiger partial charge in [-0.05, 0) is 29.3 Å². The minimum absolute atomic E-state index is 0.0318. The average molecular weight is 432 g/mol. The number of hydrogen-bond donors (Lipinski definition) is 2. The highest BCUT2D eigenvalue weighted by Crippen LogP contribution is 2.20. The van der Waals surface area contributed by atoms with Gasteiger partial charge in [0.15, 0.2) is 0 Å². The zero-order chi connectivity index (χ0) is 22.8. The quantitative estimate of drug-likeness (QED) is 0.502. The third kappa shape index (κ3) is 6.52.